The Hall–Kier alpha value is -2.20. The average molecular weight is 355 g/mol. The zero-order chi connectivity index (χ0) is 15.5. The molecule has 22 heavy (non-hydrogen) atoms. The van der Waals surface area contributed by atoms with Crippen molar-refractivity contribution >= 4 is 32.7 Å². The number of carbonyl (C=O) groups excluding carboxylic acids is 1. The van der Waals surface area contributed by atoms with Crippen LogP contribution in [0.4, 0.5) is 0 Å². The van der Waals surface area contributed by atoms with Crippen molar-refractivity contribution in [3.8, 4) is 0 Å². The smallest absolute Gasteiger partial charge is 0.255 e. The summed E-state index contributed by atoms with van der Waals surface area (Å²) in [6, 6.07) is 17.6. The molecule has 0 fully saturated rings. The first-order valence-corrected chi connectivity index (χ1v) is 7.78. The lowest BCUT2D eigenvalue weighted by atomic mass is 10.1. The van der Waals surface area contributed by atoms with E-state index in [1.54, 1.807) is 18.1 Å². The second-order valence-electron chi connectivity index (χ2n) is 5.18. The van der Waals surface area contributed by atoms with Gasteiger partial charge in [-0.3, -0.25) is 9.78 Å². The second kappa shape index (κ2) is 6.28. The van der Waals surface area contributed by atoms with E-state index in [2.05, 4.69) is 20.9 Å². The Bertz CT molecular complexity index is 818. The first kappa shape index (κ1) is 14.7. The van der Waals surface area contributed by atoms with Gasteiger partial charge in [0.05, 0.1) is 11.1 Å². The Morgan fingerprint density at radius 1 is 1.14 bits per heavy atom. The van der Waals surface area contributed by atoms with Crippen molar-refractivity contribution in [1.29, 1.82) is 0 Å². The van der Waals surface area contributed by atoms with Gasteiger partial charge in [0.2, 0.25) is 0 Å². The highest BCUT2D eigenvalue weighted by Gasteiger charge is 2.13. The van der Waals surface area contributed by atoms with Crippen LogP contribution in [-0.2, 0) is 6.54 Å². The van der Waals surface area contributed by atoms with Crippen molar-refractivity contribution in [2.24, 2.45) is 0 Å². The molecule has 0 bridgehead atoms. The summed E-state index contributed by atoms with van der Waals surface area (Å²) in [5.74, 6) is -0.0333. The fraction of sp³-hybridized carbons (Fsp3) is 0.111. The van der Waals surface area contributed by atoms with Gasteiger partial charge in [0.25, 0.3) is 5.91 Å². The van der Waals surface area contributed by atoms with Gasteiger partial charge >= 0.3 is 0 Å². The van der Waals surface area contributed by atoms with Crippen molar-refractivity contribution in [3.05, 3.63) is 76.4 Å². The van der Waals surface area contributed by atoms with Crippen molar-refractivity contribution in [2.75, 3.05) is 7.05 Å². The summed E-state index contributed by atoms with van der Waals surface area (Å²) >= 11 is 3.51. The van der Waals surface area contributed by atoms with Gasteiger partial charge in [0.15, 0.2) is 0 Å². The van der Waals surface area contributed by atoms with Crippen LogP contribution in [0.1, 0.15) is 15.9 Å². The number of halogens is 1. The molecule has 3 rings (SSSR count). The van der Waals surface area contributed by atoms with E-state index in [9.17, 15) is 4.79 Å². The predicted molar refractivity (Wildman–Crippen MR) is 91.7 cm³/mol. The molecule has 0 atom stereocenters. The van der Waals surface area contributed by atoms with E-state index in [0.29, 0.717) is 12.1 Å². The van der Waals surface area contributed by atoms with Crippen LogP contribution in [0.2, 0.25) is 0 Å². The number of hydrogen-bond acceptors (Lipinski definition) is 2. The molecule has 0 aliphatic carbocycles. The molecule has 110 valence electrons. The minimum absolute atomic E-state index is 0.0333. The van der Waals surface area contributed by atoms with Gasteiger partial charge in [0.1, 0.15) is 0 Å². The lowest BCUT2D eigenvalue weighted by Gasteiger charge is -2.17. The lowest BCUT2D eigenvalue weighted by Crippen LogP contribution is -2.26. The van der Waals surface area contributed by atoms with E-state index >= 15 is 0 Å². The standard InChI is InChI=1S/C18H15BrN2O/c1-21(12-13-6-3-2-4-7-13)18(22)14-10-15-16(19)8-5-9-17(15)20-11-14/h2-11H,12H2,1H3. The number of hydrogen-bond donors (Lipinski definition) is 0. The van der Waals surface area contributed by atoms with Crippen LogP contribution in [0.15, 0.2) is 65.3 Å². The quantitative estimate of drug-likeness (QED) is 0.703. The molecule has 4 heteroatoms. The summed E-state index contributed by atoms with van der Waals surface area (Å²) < 4.78 is 0.942. The molecule has 2 aromatic carbocycles. The topological polar surface area (TPSA) is 33.2 Å². The third kappa shape index (κ3) is 3.02. The highest BCUT2D eigenvalue weighted by Crippen LogP contribution is 2.23. The van der Waals surface area contributed by atoms with Gasteiger partial charge in [-0.15, -0.1) is 0 Å². The minimum atomic E-state index is -0.0333. The third-order valence-corrected chi connectivity index (χ3v) is 4.22. The highest BCUT2D eigenvalue weighted by atomic mass is 79.9. The van der Waals surface area contributed by atoms with E-state index in [1.165, 1.54) is 0 Å². The Labute approximate surface area is 137 Å². The van der Waals surface area contributed by atoms with Gasteiger partial charge in [-0.1, -0.05) is 52.3 Å². The molecule has 0 N–H and O–H groups in total. The SMILES string of the molecule is CN(Cc1ccccc1)C(=O)c1cnc2cccc(Br)c2c1. The van der Waals surface area contributed by atoms with Crippen LogP contribution in [0, 0.1) is 0 Å². The molecular weight excluding hydrogens is 340 g/mol. The van der Waals surface area contributed by atoms with Gasteiger partial charge in [0, 0.05) is 29.6 Å². The molecule has 0 saturated heterocycles. The molecule has 0 saturated carbocycles. The largest absolute Gasteiger partial charge is 0.337 e. The molecule has 3 nitrogen and oxygen atoms in total. The van der Waals surface area contributed by atoms with E-state index < -0.39 is 0 Å². The molecule has 0 aliphatic rings. The number of carbonyl (C=O) groups is 1. The van der Waals surface area contributed by atoms with Crippen LogP contribution in [0.3, 0.4) is 0 Å². The maximum absolute atomic E-state index is 12.6. The minimum Gasteiger partial charge on any atom is -0.337 e. The summed E-state index contributed by atoms with van der Waals surface area (Å²) in [5, 5.41) is 0.946. The summed E-state index contributed by atoms with van der Waals surface area (Å²) in [5.41, 5.74) is 2.57. The first-order valence-electron chi connectivity index (χ1n) is 6.99. The third-order valence-electron chi connectivity index (χ3n) is 3.53. The number of benzene rings is 2. The van der Waals surface area contributed by atoms with Gasteiger partial charge in [-0.2, -0.15) is 0 Å². The first-order chi connectivity index (χ1) is 10.6. The Morgan fingerprint density at radius 2 is 1.91 bits per heavy atom. The molecule has 3 aromatic rings. The van der Waals surface area contributed by atoms with Crippen LogP contribution in [0.5, 0.6) is 0 Å². The predicted octanol–water partition coefficient (Wildman–Crippen LogP) is 4.27. The zero-order valence-corrected chi connectivity index (χ0v) is 13.7. The molecule has 0 radical (unpaired) electrons. The fourth-order valence-corrected chi connectivity index (χ4v) is 2.85. The zero-order valence-electron chi connectivity index (χ0n) is 12.2. The molecule has 1 amide bonds. The van der Waals surface area contributed by atoms with Crippen LogP contribution in [0.25, 0.3) is 10.9 Å². The van der Waals surface area contributed by atoms with Crippen LogP contribution in [-0.4, -0.2) is 22.8 Å². The Morgan fingerprint density at radius 3 is 2.68 bits per heavy atom. The molecular formula is C18H15BrN2O. The Balaban J connectivity index is 1.87. The normalized spacial score (nSPS) is 10.6. The van der Waals surface area contributed by atoms with Crippen molar-refractivity contribution in [3.63, 3.8) is 0 Å². The van der Waals surface area contributed by atoms with E-state index in [-0.39, 0.29) is 5.91 Å². The average Bonchev–Trinajstić information content (AvgIpc) is 2.55. The lowest BCUT2D eigenvalue weighted by molar-refractivity contribution is 0.0785. The van der Waals surface area contributed by atoms with E-state index in [1.807, 2.05) is 54.6 Å². The van der Waals surface area contributed by atoms with Gasteiger partial charge in [-0.05, 0) is 23.8 Å². The number of nitrogens with zero attached hydrogens (tertiary/aromatic N) is 2. The van der Waals surface area contributed by atoms with Crippen molar-refractivity contribution in [1.82, 2.24) is 9.88 Å². The van der Waals surface area contributed by atoms with Gasteiger partial charge < -0.3 is 4.90 Å². The van der Waals surface area contributed by atoms with Crippen molar-refractivity contribution in [2.45, 2.75) is 6.54 Å². The number of pyridine rings is 1. The number of aromatic nitrogens is 1. The summed E-state index contributed by atoms with van der Waals surface area (Å²) in [7, 11) is 1.81. The molecule has 0 unspecified atom stereocenters. The fourth-order valence-electron chi connectivity index (χ4n) is 2.38. The molecule has 0 aliphatic heterocycles. The Kier molecular flexibility index (Phi) is 4.20. The van der Waals surface area contributed by atoms with E-state index in [4.69, 9.17) is 0 Å². The highest BCUT2D eigenvalue weighted by molar-refractivity contribution is 9.10. The number of rotatable bonds is 3. The van der Waals surface area contributed by atoms with Crippen LogP contribution >= 0.6 is 15.9 Å². The maximum Gasteiger partial charge on any atom is 0.255 e. The van der Waals surface area contributed by atoms with Gasteiger partial charge in [-0.25, -0.2) is 0 Å². The number of fused-ring (bicyclic) bond motifs is 1. The number of amides is 1. The van der Waals surface area contributed by atoms with Crippen LogP contribution < -0.4 is 0 Å². The summed E-state index contributed by atoms with van der Waals surface area (Å²) in [4.78, 5) is 18.7. The van der Waals surface area contributed by atoms with Crippen molar-refractivity contribution < 1.29 is 4.79 Å². The maximum atomic E-state index is 12.6. The van der Waals surface area contributed by atoms with E-state index in [0.717, 1.165) is 20.9 Å². The summed E-state index contributed by atoms with van der Waals surface area (Å²) in [6.45, 7) is 0.577. The summed E-state index contributed by atoms with van der Waals surface area (Å²) in [6.07, 6.45) is 1.64. The molecule has 1 aromatic heterocycles. The second-order valence-corrected chi connectivity index (χ2v) is 6.03. The molecule has 1 heterocycles. The monoisotopic (exact) mass is 354 g/mol. The molecule has 0 spiro atoms.